The molecule has 0 amide bonds. The number of nitrogens with one attached hydrogen (secondary N) is 3. The van der Waals surface area contributed by atoms with Gasteiger partial charge < -0.3 is 20.3 Å². The minimum atomic E-state index is -3.93. The second-order valence-corrected chi connectivity index (χ2v) is 19.5. The van der Waals surface area contributed by atoms with E-state index in [9.17, 15) is 18.2 Å². The van der Waals surface area contributed by atoms with Crippen LogP contribution in [0.15, 0.2) is 99.1 Å². The van der Waals surface area contributed by atoms with E-state index < -0.39 is 22.7 Å². The summed E-state index contributed by atoms with van der Waals surface area (Å²) < 4.78 is 39.8. The third-order valence-electron chi connectivity index (χ3n) is 10.8. The van der Waals surface area contributed by atoms with Gasteiger partial charge in [0.05, 0.1) is 26.4 Å². The number of fused-ring (bicyclic) bond motifs is 1. The maximum Gasteiger partial charge on any atom is 0.454 e. The normalized spacial score (nSPS) is 16.9. The topological polar surface area (TPSA) is 198 Å². The number of thiophene rings is 1. The number of anilines is 4. The van der Waals surface area contributed by atoms with Gasteiger partial charge in [0, 0.05) is 40.0 Å². The Hall–Kier alpha value is -5.43. The molecule has 0 aliphatic carbocycles. The largest absolute Gasteiger partial charge is 0.454 e. The van der Waals surface area contributed by atoms with Crippen molar-refractivity contribution < 1.29 is 22.6 Å². The van der Waals surface area contributed by atoms with Gasteiger partial charge in [-0.05, 0) is 104 Å². The summed E-state index contributed by atoms with van der Waals surface area (Å²) in [6.07, 6.45) is 3.76. The van der Waals surface area contributed by atoms with Crippen molar-refractivity contribution in [1.82, 2.24) is 30.1 Å². The Balaban J connectivity index is 1.04. The number of sulfone groups is 1. The fraction of sp³-hybridized carbons (Fsp3) is 0.256. The molecule has 3 aromatic carbocycles. The SMILES string of the molecule is CCc1c(CC2Cc3nc(-c4cccc(Cl)c4)nc(Nc4ccc(Cc5noc(=O)[nH]5)cc4)c3S(=O)(=O)C2)nc(-c2ccc(Cl)s2)nc1Nc1ccc(CC2CCB(O)O2)cc1. The third kappa shape index (κ3) is 9.48. The summed E-state index contributed by atoms with van der Waals surface area (Å²) in [6.45, 7) is 2.03. The van der Waals surface area contributed by atoms with Crippen LogP contribution in [0.1, 0.15) is 47.2 Å². The van der Waals surface area contributed by atoms with Crippen molar-refractivity contribution in [2.75, 3.05) is 16.4 Å². The van der Waals surface area contributed by atoms with E-state index in [-0.39, 0.29) is 28.5 Å². The number of benzene rings is 3. The first-order chi connectivity index (χ1) is 29.9. The van der Waals surface area contributed by atoms with Crippen LogP contribution in [0.2, 0.25) is 15.7 Å². The number of aromatic amines is 1. The summed E-state index contributed by atoms with van der Waals surface area (Å²) in [5.74, 6) is 0.835. The van der Waals surface area contributed by atoms with Crippen molar-refractivity contribution in [3.05, 3.63) is 139 Å². The van der Waals surface area contributed by atoms with E-state index in [0.717, 1.165) is 39.4 Å². The summed E-state index contributed by atoms with van der Waals surface area (Å²) in [5.41, 5.74) is 6.02. The molecule has 2 aliphatic rings. The Labute approximate surface area is 371 Å². The van der Waals surface area contributed by atoms with E-state index in [1.807, 2.05) is 55.5 Å². The summed E-state index contributed by atoms with van der Waals surface area (Å²) in [7, 11) is -4.63. The average Bonchev–Trinajstić information content (AvgIpc) is 3.99. The first-order valence-electron chi connectivity index (χ1n) is 20.1. The van der Waals surface area contributed by atoms with Gasteiger partial charge in [-0.15, -0.1) is 11.3 Å². The molecule has 6 heterocycles. The van der Waals surface area contributed by atoms with Crippen molar-refractivity contribution in [2.45, 2.75) is 62.8 Å². The molecule has 0 spiro atoms. The van der Waals surface area contributed by atoms with Gasteiger partial charge in [0.25, 0.3) is 0 Å². The molecule has 4 N–H and O–H groups in total. The molecule has 0 saturated carbocycles. The summed E-state index contributed by atoms with van der Waals surface area (Å²) in [4.78, 5) is 34.5. The van der Waals surface area contributed by atoms with Crippen LogP contribution in [0.3, 0.4) is 0 Å². The van der Waals surface area contributed by atoms with E-state index >= 15 is 0 Å². The molecule has 2 unspecified atom stereocenters. The number of halogens is 2. The molecular formula is C43H39BCl2N8O6S2. The molecule has 62 heavy (non-hydrogen) atoms. The van der Waals surface area contributed by atoms with E-state index in [1.54, 1.807) is 36.4 Å². The fourth-order valence-corrected chi connectivity index (χ4v) is 11.1. The van der Waals surface area contributed by atoms with Gasteiger partial charge in [-0.25, -0.2) is 33.1 Å². The van der Waals surface area contributed by atoms with Crippen LogP contribution in [-0.2, 0) is 46.6 Å². The van der Waals surface area contributed by atoms with Crippen LogP contribution < -0.4 is 16.4 Å². The summed E-state index contributed by atoms with van der Waals surface area (Å²) in [5, 5.41) is 20.8. The molecule has 2 atom stereocenters. The average molecular weight is 910 g/mol. The molecule has 9 rings (SSSR count). The monoisotopic (exact) mass is 908 g/mol. The zero-order valence-electron chi connectivity index (χ0n) is 33.3. The lowest BCUT2D eigenvalue weighted by Crippen LogP contribution is -2.30. The molecule has 0 radical (unpaired) electrons. The van der Waals surface area contributed by atoms with Gasteiger partial charge in [0.1, 0.15) is 10.7 Å². The zero-order valence-corrected chi connectivity index (χ0v) is 36.4. The Kier molecular flexibility index (Phi) is 12.0. The fourth-order valence-electron chi connectivity index (χ4n) is 7.99. The quantitative estimate of drug-likeness (QED) is 0.0807. The highest BCUT2D eigenvalue weighted by atomic mass is 35.5. The standard InChI is InChI=1S/C43H39BCl2N8O6S2/c1-2-32-33(49-41(35-14-15-36(46)61-35)53-40(32)47-29-10-6-24(7-11-29)18-31-16-17-44(56)59-31)19-26-20-34-38(62(57,58)23-26)42(52-39(50-34)27-4-3-5-28(45)22-27)48-30-12-8-25(9-13-30)21-37-51-43(55)60-54-37/h3-15,22,26,31,56H,2,16-21,23H2,1H3,(H,47,49,53)(H,48,50,52)(H,51,54,55). The van der Waals surface area contributed by atoms with Crippen molar-refractivity contribution in [3.63, 3.8) is 0 Å². The van der Waals surface area contributed by atoms with Gasteiger partial charge in [-0.3, -0.25) is 9.51 Å². The van der Waals surface area contributed by atoms with Crippen molar-refractivity contribution in [2.24, 2.45) is 5.92 Å². The second-order valence-electron chi connectivity index (χ2n) is 15.4. The van der Waals surface area contributed by atoms with Gasteiger partial charge in [0.15, 0.2) is 33.1 Å². The van der Waals surface area contributed by atoms with E-state index in [1.165, 1.54) is 11.3 Å². The lowest BCUT2D eigenvalue weighted by Gasteiger charge is -2.27. The molecule has 4 aromatic heterocycles. The Bertz CT molecular complexity index is 2930. The Morgan fingerprint density at radius 1 is 0.903 bits per heavy atom. The van der Waals surface area contributed by atoms with E-state index in [2.05, 4.69) is 25.3 Å². The van der Waals surface area contributed by atoms with Crippen LogP contribution in [0, 0.1) is 5.92 Å². The zero-order chi connectivity index (χ0) is 43.0. The lowest BCUT2D eigenvalue weighted by molar-refractivity contribution is 0.201. The summed E-state index contributed by atoms with van der Waals surface area (Å²) >= 11 is 14.2. The van der Waals surface area contributed by atoms with Crippen LogP contribution in [0.25, 0.3) is 22.1 Å². The minimum Gasteiger partial charge on any atom is -0.427 e. The number of aromatic nitrogens is 6. The number of hydrogen-bond acceptors (Lipinski definition) is 14. The number of H-pyrrole nitrogens is 1. The maximum absolute atomic E-state index is 14.5. The smallest absolute Gasteiger partial charge is 0.427 e. The maximum atomic E-state index is 14.5. The highest BCUT2D eigenvalue weighted by Crippen LogP contribution is 2.38. The molecule has 7 aromatic rings. The first-order valence-corrected chi connectivity index (χ1v) is 23.3. The van der Waals surface area contributed by atoms with Crippen molar-refractivity contribution in [3.8, 4) is 22.1 Å². The van der Waals surface area contributed by atoms with Crippen LogP contribution >= 0.6 is 34.5 Å². The van der Waals surface area contributed by atoms with Gasteiger partial charge in [-0.2, -0.15) is 0 Å². The molecule has 0 bridgehead atoms. The second kappa shape index (κ2) is 17.7. The number of rotatable bonds is 13. The van der Waals surface area contributed by atoms with Crippen molar-refractivity contribution >= 4 is 74.5 Å². The predicted molar refractivity (Wildman–Crippen MR) is 241 cm³/mol. The minimum absolute atomic E-state index is 0.0154. The number of hydrogen-bond donors (Lipinski definition) is 4. The predicted octanol–water partition coefficient (Wildman–Crippen LogP) is 8.29. The Morgan fingerprint density at radius 3 is 2.31 bits per heavy atom. The van der Waals surface area contributed by atoms with E-state index in [0.29, 0.717) is 88.0 Å². The van der Waals surface area contributed by atoms with Crippen LogP contribution in [0.5, 0.6) is 0 Å². The number of nitrogens with zero attached hydrogens (tertiary/aromatic N) is 5. The summed E-state index contributed by atoms with van der Waals surface area (Å²) in [6, 6.07) is 26.2. The molecule has 1 fully saturated rings. The lowest BCUT2D eigenvalue weighted by atomic mass is 9.87. The molecule has 316 valence electrons. The highest BCUT2D eigenvalue weighted by molar-refractivity contribution is 7.91. The Morgan fingerprint density at radius 2 is 1.65 bits per heavy atom. The molecular weight excluding hydrogens is 870 g/mol. The van der Waals surface area contributed by atoms with Gasteiger partial charge in [0.2, 0.25) is 0 Å². The van der Waals surface area contributed by atoms with Crippen LogP contribution in [-0.4, -0.2) is 62.5 Å². The van der Waals surface area contributed by atoms with Gasteiger partial charge in [-0.1, -0.05) is 71.7 Å². The van der Waals surface area contributed by atoms with Gasteiger partial charge >= 0.3 is 12.9 Å². The molecule has 14 nitrogen and oxygen atoms in total. The molecule has 1 saturated heterocycles. The molecule has 2 aliphatic heterocycles. The first kappa shape index (κ1) is 41.9. The van der Waals surface area contributed by atoms with Crippen molar-refractivity contribution in [1.29, 1.82) is 0 Å². The van der Waals surface area contributed by atoms with Crippen LogP contribution in [0.4, 0.5) is 23.0 Å². The highest BCUT2D eigenvalue weighted by Gasteiger charge is 2.37. The third-order valence-corrected chi connectivity index (χ3v) is 14.3. The molecule has 19 heteroatoms. The van der Waals surface area contributed by atoms with E-state index in [4.69, 9.17) is 47.8 Å².